The van der Waals surface area contributed by atoms with Gasteiger partial charge in [0, 0.05) is 25.2 Å². The van der Waals surface area contributed by atoms with E-state index in [2.05, 4.69) is 58.9 Å². The number of nitrogens with zero attached hydrogens (tertiary/aromatic N) is 1. The van der Waals surface area contributed by atoms with Crippen LogP contribution in [0.5, 0.6) is 11.5 Å². The van der Waals surface area contributed by atoms with E-state index in [-0.39, 0.29) is 17.6 Å². The molecule has 0 spiro atoms. The standard InChI is InChI=1S/C25H35N3O3/c1-17-7-9-18(10-8-17)16-28-12-11-19-13-22(30-5)23(31-6)14-20(19)21(28)15-26-24(29)27-25(2,3)4/h7-10,13-14,21H,11-12,15-16H2,1-6H3,(H2,26,27,29)/t21-/m0/s1. The third-order valence-electron chi connectivity index (χ3n) is 5.56. The minimum atomic E-state index is -0.285. The molecule has 168 valence electrons. The van der Waals surface area contributed by atoms with Crippen molar-refractivity contribution in [2.75, 3.05) is 27.3 Å². The molecule has 0 saturated heterocycles. The third kappa shape index (κ3) is 5.91. The Kier molecular flexibility index (Phi) is 7.11. The average molecular weight is 426 g/mol. The molecule has 2 aromatic rings. The average Bonchev–Trinajstić information content (AvgIpc) is 2.72. The van der Waals surface area contributed by atoms with Gasteiger partial charge in [0.05, 0.1) is 20.3 Å². The molecule has 1 heterocycles. The summed E-state index contributed by atoms with van der Waals surface area (Å²) in [7, 11) is 3.31. The van der Waals surface area contributed by atoms with Crippen LogP contribution in [-0.2, 0) is 13.0 Å². The molecule has 2 aromatic carbocycles. The molecule has 0 bridgehead atoms. The monoisotopic (exact) mass is 425 g/mol. The highest BCUT2D eigenvalue weighted by Crippen LogP contribution is 2.38. The third-order valence-corrected chi connectivity index (χ3v) is 5.56. The molecule has 1 aliphatic heterocycles. The van der Waals surface area contributed by atoms with Crippen LogP contribution in [0.1, 0.15) is 49.1 Å². The molecule has 0 aliphatic carbocycles. The number of ether oxygens (including phenoxy) is 2. The molecule has 1 atom stereocenters. The molecule has 2 amide bonds. The maximum absolute atomic E-state index is 12.5. The SMILES string of the molecule is COc1cc2c(cc1OC)[C@H](CNC(=O)NC(C)(C)C)N(Cc1ccc(C)cc1)CC2. The zero-order valence-electron chi connectivity index (χ0n) is 19.5. The van der Waals surface area contributed by atoms with E-state index < -0.39 is 0 Å². The summed E-state index contributed by atoms with van der Waals surface area (Å²) in [6.45, 7) is 10.3. The van der Waals surface area contributed by atoms with Gasteiger partial charge in [0.1, 0.15) is 0 Å². The van der Waals surface area contributed by atoms with Crippen molar-refractivity contribution in [1.29, 1.82) is 0 Å². The molecular formula is C25H35N3O3. The van der Waals surface area contributed by atoms with Crippen molar-refractivity contribution in [2.24, 2.45) is 0 Å². The highest BCUT2D eigenvalue weighted by Gasteiger charge is 2.30. The number of nitrogens with one attached hydrogen (secondary N) is 2. The van der Waals surface area contributed by atoms with Crippen LogP contribution >= 0.6 is 0 Å². The number of rotatable bonds is 6. The van der Waals surface area contributed by atoms with Crippen LogP contribution in [-0.4, -0.2) is 43.8 Å². The number of benzene rings is 2. The van der Waals surface area contributed by atoms with Gasteiger partial charge in [0.25, 0.3) is 0 Å². The van der Waals surface area contributed by atoms with E-state index in [4.69, 9.17) is 9.47 Å². The van der Waals surface area contributed by atoms with E-state index in [0.29, 0.717) is 12.3 Å². The summed E-state index contributed by atoms with van der Waals surface area (Å²) in [6, 6.07) is 12.7. The van der Waals surface area contributed by atoms with Gasteiger partial charge < -0.3 is 20.1 Å². The lowest BCUT2D eigenvalue weighted by atomic mass is 9.91. The molecule has 0 unspecified atom stereocenters. The Balaban J connectivity index is 1.88. The van der Waals surface area contributed by atoms with E-state index in [1.807, 2.05) is 20.8 Å². The van der Waals surface area contributed by atoms with Gasteiger partial charge in [-0.15, -0.1) is 0 Å². The lowest BCUT2D eigenvalue weighted by molar-refractivity contribution is 0.169. The number of carbonyl (C=O) groups is 1. The van der Waals surface area contributed by atoms with E-state index in [1.165, 1.54) is 22.3 Å². The Morgan fingerprint density at radius 1 is 1.10 bits per heavy atom. The molecule has 3 rings (SSSR count). The second-order valence-corrected chi connectivity index (χ2v) is 9.21. The molecule has 1 aliphatic rings. The molecule has 0 radical (unpaired) electrons. The Bertz CT molecular complexity index is 903. The van der Waals surface area contributed by atoms with Crippen LogP contribution in [0.2, 0.25) is 0 Å². The first kappa shape index (κ1) is 22.9. The fourth-order valence-electron chi connectivity index (χ4n) is 4.01. The normalized spacial score (nSPS) is 16.4. The highest BCUT2D eigenvalue weighted by atomic mass is 16.5. The molecule has 2 N–H and O–H groups in total. The van der Waals surface area contributed by atoms with Gasteiger partial charge in [-0.1, -0.05) is 29.8 Å². The number of hydrogen-bond acceptors (Lipinski definition) is 4. The van der Waals surface area contributed by atoms with E-state index in [0.717, 1.165) is 25.3 Å². The fourth-order valence-corrected chi connectivity index (χ4v) is 4.01. The first-order valence-electron chi connectivity index (χ1n) is 10.8. The van der Waals surface area contributed by atoms with Crippen LogP contribution in [0.25, 0.3) is 0 Å². The summed E-state index contributed by atoms with van der Waals surface area (Å²) >= 11 is 0. The van der Waals surface area contributed by atoms with Crippen molar-refractivity contribution in [2.45, 2.75) is 52.2 Å². The van der Waals surface area contributed by atoms with E-state index in [9.17, 15) is 4.79 Å². The van der Waals surface area contributed by atoms with Crippen molar-refractivity contribution in [1.82, 2.24) is 15.5 Å². The van der Waals surface area contributed by atoms with Crippen LogP contribution in [0.3, 0.4) is 0 Å². The number of amides is 2. The quantitative estimate of drug-likeness (QED) is 0.728. The van der Waals surface area contributed by atoms with Crippen molar-refractivity contribution in [3.05, 3.63) is 58.7 Å². The summed E-state index contributed by atoms with van der Waals surface area (Å²) in [6.07, 6.45) is 0.923. The molecule has 6 nitrogen and oxygen atoms in total. The molecule has 31 heavy (non-hydrogen) atoms. The number of fused-ring (bicyclic) bond motifs is 1. The molecule has 6 heteroatoms. The van der Waals surface area contributed by atoms with Gasteiger partial charge >= 0.3 is 6.03 Å². The topological polar surface area (TPSA) is 62.8 Å². The highest BCUT2D eigenvalue weighted by molar-refractivity contribution is 5.74. The predicted octanol–water partition coefficient (Wildman–Crippen LogP) is 4.21. The van der Waals surface area contributed by atoms with Crippen LogP contribution in [0, 0.1) is 6.92 Å². The first-order chi connectivity index (χ1) is 14.7. The van der Waals surface area contributed by atoms with Gasteiger partial charge in [-0.25, -0.2) is 4.79 Å². The fraction of sp³-hybridized carbons (Fsp3) is 0.480. The molecule has 0 fully saturated rings. The van der Waals surface area contributed by atoms with Gasteiger partial charge in [-0.3, -0.25) is 4.90 Å². The summed E-state index contributed by atoms with van der Waals surface area (Å²) in [5.41, 5.74) is 4.64. The maximum atomic E-state index is 12.5. The molecule has 0 saturated carbocycles. The largest absolute Gasteiger partial charge is 0.493 e. The Morgan fingerprint density at radius 3 is 2.35 bits per heavy atom. The lowest BCUT2D eigenvalue weighted by Crippen LogP contribution is -2.49. The predicted molar refractivity (Wildman–Crippen MR) is 124 cm³/mol. The Labute approximate surface area is 185 Å². The number of aryl methyl sites for hydroxylation is 1. The maximum Gasteiger partial charge on any atom is 0.315 e. The van der Waals surface area contributed by atoms with Crippen molar-refractivity contribution < 1.29 is 14.3 Å². The summed E-state index contributed by atoms with van der Waals surface area (Å²) in [5, 5.41) is 6.06. The summed E-state index contributed by atoms with van der Waals surface area (Å²) in [4.78, 5) is 14.9. The van der Waals surface area contributed by atoms with Crippen molar-refractivity contribution in [3.8, 4) is 11.5 Å². The van der Waals surface area contributed by atoms with Gasteiger partial charge in [0.15, 0.2) is 11.5 Å². The Hall–Kier alpha value is -2.73. The minimum absolute atomic E-state index is 0.0376. The summed E-state index contributed by atoms with van der Waals surface area (Å²) < 4.78 is 11.1. The number of hydrogen-bond donors (Lipinski definition) is 2. The van der Waals surface area contributed by atoms with Gasteiger partial charge in [-0.2, -0.15) is 0 Å². The Morgan fingerprint density at radius 2 is 1.74 bits per heavy atom. The smallest absolute Gasteiger partial charge is 0.315 e. The van der Waals surface area contributed by atoms with Crippen molar-refractivity contribution >= 4 is 6.03 Å². The second-order valence-electron chi connectivity index (χ2n) is 9.21. The lowest BCUT2D eigenvalue weighted by Gasteiger charge is -2.38. The first-order valence-corrected chi connectivity index (χ1v) is 10.8. The number of carbonyl (C=O) groups excluding carboxylic acids is 1. The second kappa shape index (κ2) is 9.60. The molecule has 0 aromatic heterocycles. The van der Waals surface area contributed by atoms with Crippen molar-refractivity contribution in [3.63, 3.8) is 0 Å². The number of urea groups is 1. The molecular weight excluding hydrogens is 390 g/mol. The zero-order valence-corrected chi connectivity index (χ0v) is 19.5. The van der Waals surface area contributed by atoms with E-state index >= 15 is 0 Å². The zero-order chi connectivity index (χ0) is 22.6. The van der Waals surface area contributed by atoms with Gasteiger partial charge in [-0.05, 0) is 62.9 Å². The van der Waals surface area contributed by atoms with E-state index in [1.54, 1.807) is 14.2 Å². The number of methoxy groups -OCH3 is 2. The van der Waals surface area contributed by atoms with Crippen LogP contribution in [0.15, 0.2) is 36.4 Å². The van der Waals surface area contributed by atoms with Crippen LogP contribution < -0.4 is 20.1 Å². The summed E-state index contributed by atoms with van der Waals surface area (Å²) in [5.74, 6) is 1.45. The van der Waals surface area contributed by atoms with Crippen LogP contribution in [0.4, 0.5) is 4.79 Å². The van der Waals surface area contributed by atoms with Gasteiger partial charge in [0.2, 0.25) is 0 Å². The minimum Gasteiger partial charge on any atom is -0.493 e.